The van der Waals surface area contributed by atoms with E-state index in [9.17, 15) is 4.79 Å². The standard InChI is InChI=1S/C14H11Cl3N2OS/c15-14(16,17)13(21-11-8-4-5-9-18-11)19-12(20)10-6-2-1-3-7-10/h1-9,13H,(H,19,20). The maximum Gasteiger partial charge on any atom is 0.252 e. The first-order valence-electron chi connectivity index (χ1n) is 5.97. The summed E-state index contributed by atoms with van der Waals surface area (Å²) in [5.74, 6) is -0.310. The maximum atomic E-state index is 12.2. The van der Waals surface area contributed by atoms with Crippen molar-refractivity contribution < 1.29 is 4.79 Å². The molecule has 2 rings (SSSR count). The molecule has 0 spiro atoms. The summed E-state index contributed by atoms with van der Waals surface area (Å²) in [4.78, 5) is 16.3. The lowest BCUT2D eigenvalue weighted by molar-refractivity contribution is 0.0950. The fraction of sp³-hybridized carbons (Fsp3) is 0.143. The number of nitrogens with one attached hydrogen (secondary N) is 1. The van der Waals surface area contributed by atoms with Gasteiger partial charge in [-0.2, -0.15) is 0 Å². The highest BCUT2D eigenvalue weighted by molar-refractivity contribution is 8.00. The Bertz CT molecular complexity index is 590. The van der Waals surface area contributed by atoms with Crippen molar-refractivity contribution in [3.63, 3.8) is 0 Å². The van der Waals surface area contributed by atoms with E-state index >= 15 is 0 Å². The molecular formula is C14H11Cl3N2OS. The fourth-order valence-corrected chi connectivity index (χ4v) is 2.89. The van der Waals surface area contributed by atoms with Gasteiger partial charge < -0.3 is 5.32 Å². The van der Waals surface area contributed by atoms with Crippen LogP contribution in [-0.4, -0.2) is 20.1 Å². The van der Waals surface area contributed by atoms with Gasteiger partial charge in [0.1, 0.15) is 5.37 Å². The molecule has 7 heteroatoms. The fourth-order valence-electron chi connectivity index (χ4n) is 1.51. The third-order valence-electron chi connectivity index (χ3n) is 2.47. The van der Waals surface area contributed by atoms with Gasteiger partial charge in [-0.3, -0.25) is 4.79 Å². The van der Waals surface area contributed by atoms with E-state index in [1.807, 2.05) is 12.1 Å². The molecule has 0 saturated carbocycles. The summed E-state index contributed by atoms with van der Waals surface area (Å²) in [6.07, 6.45) is 1.64. The zero-order chi connectivity index (χ0) is 15.3. The SMILES string of the molecule is O=C(NC(Sc1ccccn1)C(Cl)(Cl)Cl)c1ccccc1. The van der Waals surface area contributed by atoms with Crippen LogP contribution in [0, 0.1) is 0 Å². The van der Waals surface area contributed by atoms with Crippen LogP contribution in [0.3, 0.4) is 0 Å². The van der Waals surface area contributed by atoms with Gasteiger partial charge in [-0.15, -0.1) is 0 Å². The van der Waals surface area contributed by atoms with Crippen molar-refractivity contribution in [1.29, 1.82) is 0 Å². The number of hydrogen-bond acceptors (Lipinski definition) is 3. The first-order chi connectivity index (χ1) is 9.97. The Morgan fingerprint density at radius 3 is 2.33 bits per heavy atom. The minimum Gasteiger partial charge on any atom is -0.336 e. The maximum absolute atomic E-state index is 12.2. The molecule has 0 saturated heterocycles. The molecule has 1 heterocycles. The van der Waals surface area contributed by atoms with Gasteiger partial charge in [-0.05, 0) is 24.3 Å². The van der Waals surface area contributed by atoms with E-state index in [-0.39, 0.29) is 5.91 Å². The molecule has 110 valence electrons. The van der Waals surface area contributed by atoms with Gasteiger partial charge in [0.2, 0.25) is 3.79 Å². The van der Waals surface area contributed by atoms with Crippen LogP contribution in [0.25, 0.3) is 0 Å². The number of aromatic nitrogens is 1. The van der Waals surface area contributed by atoms with Crippen LogP contribution in [0.2, 0.25) is 0 Å². The average Bonchev–Trinajstić information content (AvgIpc) is 2.47. The summed E-state index contributed by atoms with van der Waals surface area (Å²) in [5.41, 5.74) is 0.498. The number of amides is 1. The predicted octanol–water partition coefficient (Wildman–Crippen LogP) is 4.30. The van der Waals surface area contributed by atoms with Crippen LogP contribution in [0.5, 0.6) is 0 Å². The summed E-state index contributed by atoms with van der Waals surface area (Å²) >= 11 is 19.0. The van der Waals surface area contributed by atoms with Gasteiger partial charge in [0.25, 0.3) is 5.91 Å². The molecule has 21 heavy (non-hydrogen) atoms. The normalized spacial score (nSPS) is 12.7. The molecule has 1 aromatic carbocycles. The van der Waals surface area contributed by atoms with E-state index < -0.39 is 9.17 Å². The van der Waals surface area contributed by atoms with E-state index in [1.165, 1.54) is 11.8 Å². The number of halogens is 3. The first kappa shape index (κ1) is 16.4. The highest BCUT2D eigenvalue weighted by Crippen LogP contribution is 2.38. The molecule has 0 aliphatic carbocycles. The summed E-state index contributed by atoms with van der Waals surface area (Å²) < 4.78 is -1.66. The molecule has 0 radical (unpaired) electrons. The van der Waals surface area contributed by atoms with E-state index in [1.54, 1.807) is 42.6 Å². The van der Waals surface area contributed by atoms with Crippen LogP contribution in [0.15, 0.2) is 59.8 Å². The number of alkyl halides is 3. The second-order valence-electron chi connectivity index (χ2n) is 4.05. The van der Waals surface area contributed by atoms with Crippen LogP contribution >= 0.6 is 46.6 Å². The summed E-state index contributed by atoms with van der Waals surface area (Å²) in [5, 5.41) is 2.61. The molecule has 1 unspecified atom stereocenters. The van der Waals surface area contributed by atoms with E-state index in [2.05, 4.69) is 10.3 Å². The Labute approximate surface area is 142 Å². The minimum absolute atomic E-state index is 0.310. The van der Waals surface area contributed by atoms with E-state index in [0.29, 0.717) is 10.6 Å². The van der Waals surface area contributed by atoms with Crippen molar-refractivity contribution in [2.45, 2.75) is 14.2 Å². The predicted molar refractivity (Wildman–Crippen MR) is 88.1 cm³/mol. The number of carbonyl (C=O) groups excluding carboxylic acids is 1. The number of rotatable bonds is 4. The topological polar surface area (TPSA) is 42.0 Å². The molecule has 1 amide bonds. The van der Waals surface area contributed by atoms with Gasteiger partial charge in [0.15, 0.2) is 0 Å². The number of pyridine rings is 1. The van der Waals surface area contributed by atoms with Crippen molar-refractivity contribution >= 4 is 52.5 Å². The van der Waals surface area contributed by atoms with Crippen molar-refractivity contribution in [1.82, 2.24) is 10.3 Å². The Balaban J connectivity index is 2.12. The number of carbonyl (C=O) groups is 1. The van der Waals surface area contributed by atoms with E-state index in [4.69, 9.17) is 34.8 Å². The van der Waals surface area contributed by atoms with E-state index in [0.717, 1.165) is 0 Å². The minimum atomic E-state index is -1.66. The highest BCUT2D eigenvalue weighted by Gasteiger charge is 2.35. The van der Waals surface area contributed by atoms with Crippen molar-refractivity contribution in [2.75, 3.05) is 0 Å². The number of benzene rings is 1. The quantitative estimate of drug-likeness (QED) is 0.501. The lowest BCUT2D eigenvalue weighted by Crippen LogP contribution is -2.41. The second kappa shape index (κ2) is 7.36. The van der Waals surface area contributed by atoms with Gasteiger partial charge in [0, 0.05) is 11.8 Å². The summed E-state index contributed by atoms with van der Waals surface area (Å²) in [6, 6.07) is 14.1. The number of thioether (sulfide) groups is 1. The molecule has 0 bridgehead atoms. The second-order valence-corrected chi connectivity index (χ2v) is 7.54. The Kier molecular flexibility index (Phi) is 5.76. The van der Waals surface area contributed by atoms with Gasteiger partial charge >= 0.3 is 0 Å². The van der Waals surface area contributed by atoms with Crippen molar-refractivity contribution in [2.24, 2.45) is 0 Å². The Morgan fingerprint density at radius 2 is 1.76 bits per heavy atom. The zero-order valence-corrected chi connectivity index (χ0v) is 13.8. The lowest BCUT2D eigenvalue weighted by Gasteiger charge is -2.24. The smallest absolute Gasteiger partial charge is 0.252 e. The van der Waals surface area contributed by atoms with Crippen LogP contribution in [0.1, 0.15) is 10.4 Å². The van der Waals surface area contributed by atoms with Crippen LogP contribution in [-0.2, 0) is 0 Å². The molecule has 0 fully saturated rings. The molecule has 2 aromatic rings. The molecule has 1 atom stereocenters. The molecule has 0 aliphatic heterocycles. The van der Waals surface area contributed by atoms with Gasteiger partial charge in [0.05, 0.1) is 5.03 Å². The monoisotopic (exact) mass is 360 g/mol. The molecule has 1 N–H and O–H groups in total. The largest absolute Gasteiger partial charge is 0.336 e. The van der Waals surface area contributed by atoms with Gasteiger partial charge in [-0.25, -0.2) is 4.98 Å². The average molecular weight is 362 g/mol. The van der Waals surface area contributed by atoms with Crippen LogP contribution < -0.4 is 5.32 Å². The summed E-state index contributed by atoms with van der Waals surface area (Å²) in [7, 11) is 0. The molecular weight excluding hydrogens is 351 g/mol. The van der Waals surface area contributed by atoms with Crippen molar-refractivity contribution in [3.8, 4) is 0 Å². The van der Waals surface area contributed by atoms with Crippen LogP contribution in [0.4, 0.5) is 0 Å². The third kappa shape index (κ3) is 5.08. The van der Waals surface area contributed by atoms with Gasteiger partial charge in [-0.1, -0.05) is 70.8 Å². The molecule has 3 nitrogen and oxygen atoms in total. The third-order valence-corrected chi connectivity index (χ3v) is 4.70. The number of hydrogen-bond donors (Lipinski definition) is 1. The zero-order valence-electron chi connectivity index (χ0n) is 10.7. The molecule has 1 aromatic heterocycles. The lowest BCUT2D eigenvalue weighted by atomic mass is 10.2. The Hall–Kier alpha value is -0.940. The first-order valence-corrected chi connectivity index (χ1v) is 7.98. The van der Waals surface area contributed by atoms with Crippen molar-refractivity contribution in [3.05, 3.63) is 60.3 Å². The number of nitrogens with zero attached hydrogens (tertiary/aromatic N) is 1. The molecule has 0 aliphatic rings. The summed E-state index contributed by atoms with van der Waals surface area (Å²) in [6.45, 7) is 0. The highest BCUT2D eigenvalue weighted by atomic mass is 35.6. The Morgan fingerprint density at radius 1 is 1.10 bits per heavy atom.